The maximum absolute atomic E-state index is 13.7. The Kier molecular flexibility index (Phi) is 6.93. The van der Waals surface area contributed by atoms with E-state index < -0.39 is 5.97 Å². The maximum Gasteiger partial charge on any atom is 0.335 e. The summed E-state index contributed by atoms with van der Waals surface area (Å²) in [7, 11) is 0. The van der Waals surface area contributed by atoms with Crippen molar-refractivity contribution in [1.82, 2.24) is 0 Å². The lowest BCUT2D eigenvalue weighted by molar-refractivity contribution is -0.114. The van der Waals surface area contributed by atoms with Gasteiger partial charge in [0.15, 0.2) is 0 Å². The molecule has 1 N–H and O–H groups in total. The van der Waals surface area contributed by atoms with Gasteiger partial charge in [0.05, 0.1) is 16.8 Å². The third kappa shape index (κ3) is 5.15. The van der Waals surface area contributed by atoms with Gasteiger partial charge < -0.3 is 10.0 Å². The summed E-state index contributed by atoms with van der Waals surface area (Å²) in [6, 6.07) is 37.1. The quantitative estimate of drug-likeness (QED) is 0.206. The van der Waals surface area contributed by atoms with Gasteiger partial charge in [0, 0.05) is 33.2 Å². The van der Waals surface area contributed by atoms with Gasteiger partial charge >= 0.3 is 5.97 Å². The number of aromatic carboxylic acids is 1. The highest BCUT2D eigenvalue weighted by Crippen LogP contribution is 2.38. The van der Waals surface area contributed by atoms with Crippen LogP contribution in [0.5, 0.6) is 0 Å². The number of anilines is 3. The number of hydrogen-bond donors (Lipinski definition) is 1. The highest BCUT2D eigenvalue weighted by Gasteiger charge is 2.32. The van der Waals surface area contributed by atoms with Gasteiger partial charge in [-0.1, -0.05) is 54.6 Å². The maximum atomic E-state index is 13.7. The van der Waals surface area contributed by atoms with Crippen molar-refractivity contribution in [2.45, 2.75) is 12.8 Å². The van der Waals surface area contributed by atoms with E-state index in [2.05, 4.69) is 53.4 Å². The Morgan fingerprint density at radius 3 is 2.23 bits per heavy atom. The minimum absolute atomic E-state index is 0.180. The van der Waals surface area contributed by atoms with E-state index in [1.807, 2.05) is 48.5 Å². The largest absolute Gasteiger partial charge is 0.478 e. The molecule has 0 atom stereocenters. The number of hydrazone groups is 1. The van der Waals surface area contributed by atoms with E-state index in [4.69, 9.17) is 5.10 Å². The van der Waals surface area contributed by atoms with Crippen LogP contribution in [0.25, 0.3) is 16.5 Å². The molecule has 0 radical (unpaired) electrons. The van der Waals surface area contributed by atoms with E-state index in [1.165, 1.54) is 34.1 Å². The Balaban J connectivity index is 1.22. The van der Waals surface area contributed by atoms with Gasteiger partial charge in [-0.15, -0.1) is 11.3 Å². The first-order valence-corrected chi connectivity index (χ1v) is 15.0. The topological polar surface area (TPSA) is 73.2 Å². The SMILES string of the molecule is O=C(O)c1ccc(C2=NN(c3ccccc3)C(=O)/C2=C\c2ccc(-c3ccc4c(c3)CCCN4c3ccccc3)s2)cc1. The van der Waals surface area contributed by atoms with Crippen LogP contribution in [0.1, 0.15) is 32.8 Å². The molecule has 0 spiro atoms. The van der Waals surface area contributed by atoms with Gasteiger partial charge in [-0.05, 0) is 90.7 Å². The molecule has 0 bridgehead atoms. The predicted molar refractivity (Wildman–Crippen MR) is 173 cm³/mol. The third-order valence-corrected chi connectivity index (χ3v) is 8.83. The first-order chi connectivity index (χ1) is 21.0. The number of hydrogen-bond acceptors (Lipinski definition) is 5. The van der Waals surface area contributed by atoms with Crippen molar-refractivity contribution in [2.75, 3.05) is 16.5 Å². The van der Waals surface area contributed by atoms with E-state index in [0.717, 1.165) is 34.7 Å². The van der Waals surface area contributed by atoms with E-state index in [9.17, 15) is 14.7 Å². The Morgan fingerprint density at radius 2 is 1.51 bits per heavy atom. The number of carbonyl (C=O) groups excluding carboxylic acids is 1. The highest BCUT2D eigenvalue weighted by atomic mass is 32.1. The summed E-state index contributed by atoms with van der Waals surface area (Å²) >= 11 is 1.63. The number of aryl methyl sites for hydroxylation is 1. The second-order valence-corrected chi connectivity index (χ2v) is 11.6. The standard InChI is InChI=1S/C36H27N3O3S/c40-35-31(34(24-13-15-25(16-14-24)36(41)42)37-39(35)29-11-5-2-6-12-29)23-30-18-20-33(43-30)27-17-19-32-26(22-27)8-7-21-38(32)28-9-3-1-4-10-28/h1-6,9-20,22-23H,7-8,21H2,(H,41,42)/b31-23-. The Bertz CT molecular complexity index is 1890. The number of carbonyl (C=O) groups is 2. The lowest BCUT2D eigenvalue weighted by Crippen LogP contribution is -2.24. The molecule has 3 heterocycles. The zero-order valence-corrected chi connectivity index (χ0v) is 24.0. The molecule has 0 saturated heterocycles. The van der Waals surface area contributed by atoms with Gasteiger partial charge in [0.25, 0.3) is 5.91 Å². The zero-order valence-electron chi connectivity index (χ0n) is 23.2. The number of para-hydroxylation sites is 2. The molecular formula is C36H27N3O3S. The summed E-state index contributed by atoms with van der Waals surface area (Å²) in [4.78, 5) is 29.6. The molecule has 0 aliphatic carbocycles. The summed E-state index contributed by atoms with van der Waals surface area (Å²) in [5, 5.41) is 15.4. The van der Waals surface area contributed by atoms with E-state index in [-0.39, 0.29) is 11.5 Å². The van der Waals surface area contributed by atoms with E-state index in [0.29, 0.717) is 22.5 Å². The highest BCUT2D eigenvalue weighted by molar-refractivity contribution is 7.16. The summed E-state index contributed by atoms with van der Waals surface area (Å²) in [5.74, 6) is -1.23. The zero-order chi connectivity index (χ0) is 29.3. The molecule has 1 amide bonds. The van der Waals surface area contributed by atoms with Crippen molar-refractivity contribution in [3.8, 4) is 10.4 Å². The molecule has 2 aliphatic heterocycles. The summed E-state index contributed by atoms with van der Waals surface area (Å²) in [6.45, 7) is 1.00. The number of rotatable bonds is 6. The van der Waals surface area contributed by atoms with E-state index in [1.54, 1.807) is 23.5 Å². The smallest absolute Gasteiger partial charge is 0.335 e. The van der Waals surface area contributed by atoms with Crippen molar-refractivity contribution in [3.05, 3.63) is 142 Å². The number of nitrogens with zero attached hydrogens (tertiary/aromatic N) is 3. The van der Waals surface area contributed by atoms with Crippen molar-refractivity contribution >= 4 is 52.1 Å². The fourth-order valence-corrected chi connectivity index (χ4v) is 6.57. The van der Waals surface area contributed by atoms with Gasteiger partial charge in [0.1, 0.15) is 5.71 Å². The van der Waals surface area contributed by atoms with Crippen molar-refractivity contribution in [3.63, 3.8) is 0 Å². The Hall–Kier alpha value is -5.27. The summed E-state index contributed by atoms with van der Waals surface area (Å²) in [6.07, 6.45) is 4.03. The molecule has 7 heteroatoms. The van der Waals surface area contributed by atoms with Crippen LogP contribution in [0.3, 0.4) is 0 Å². The Labute approximate surface area is 253 Å². The second-order valence-electron chi connectivity index (χ2n) is 10.5. The molecule has 6 nitrogen and oxygen atoms in total. The van der Waals surface area contributed by atoms with Crippen LogP contribution in [-0.4, -0.2) is 29.2 Å². The number of benzene rings is 4. The van der Waals surface area contributed by atoms with Gasteiger partial charge in [-0.2, -0.15) is 10.1 Å². The lowest BCUT2D eigenvalue weighted by atomic mass is 9.98. The number of fused-ring (bicyclic) bond motifs is 1. The molecule has 1 aromatic heterocycles. The fraction of sp³-hybridized carbons (Fsp3) is 0.0833. The molecular weight excluding hydrogens is 554 g/mol. The molecule has 7 rings (SSSR count). The lowest BCUT2D eigenvalue weighted by Gasteiger charge is -2.31. The number of carboxylic acids is 1. The number of amides is 1. The molecule has 4 aromatic carbocycles. The normalized spacial score (nSPS) is 15.5. The summed E-state index contributed by atoms with van der Waals surface area (Å²) in [5.41, 5.74) is 7.46. The number of thiophene rings is 1. The van der Waals surface area contributed by atoms with Crippen LogP contribution in [0.4, 0.5) is 17.1 Å². The summed E-state index contributed by atoms with van der Waals surface area (Å²) < 4.78 is 0. The molecule has 0 unspecified atom stereocenters. The minimum atomic E-state index is -1.00. The molecule has 43 heavy (non-hydrogen) atoms. The van der Waals surface area contributed by atoms with Gasteiger partial charge in [0.2, 0.25) is 0 Å². The second kappa shape index (κ2) is 11.2. The fourth-order valence-electron chi connectivity index (χ4n) is 5.63. The minimum Gasteiger partial charge on any atom is -0.478 e. The molecule has 210 valence electrons. The average molecular weight is 582 g/mol. The monoisotopic (exact) mass is 581 g/mol. The van der Waals surface area contributed by atoms with Gasteiger partial charge in [-0.25, -0.2) is 4.79 Å². The first-order valence-electron chi connectivity index (χ1n) is 14.1. The number of carboxylic acid groups (broad SMARTS) is 1. The molecule has 2 aliphatic rings. The predicted octanol–water partition coefficient (Wildman–Crippen LogP) is 8.03. The first kappa shape index (κ1) is 26.6. The van der Waals surface area contributed by atoms with Crippen LogP contribution >= 0.6 is 11.3 Å². The molecule has 5 aromatic rings. The van der Waals surface area contributed by atoms with Crippen LogP contribution in [-0.2, 0) is 11.2 Å². The Morgan fingerprint density at radius 1 is 0.814 bits per heavy atom. The average Bonchev–Trinajstić information content (AvgIpc) is 3.66. The molecule has 0 saturated carbocycles. The van der Waals surface area contributed by atoms with E-state index >= 15 is 0 Å². The van der Waals surface area contributed by atoms with Crippen LogP contribution in [0.2, 0.25) is 0 Å². The van der Waals surface area contributed by atoms with Gasteiger partial charge in [-0.3, -0.25) is 4.79 Å². The van der Waals surface area contributed by atoms with Crippen molar-refractivity contribution in [1.29, 1.82) is 0 Å². The van der Waals surface area contributed by atoms with Crippen LogP contribution < -0.4 is 9.91 Å². The van der Waals surface area contributed by atoms with Crippen molar-refractivity contribution < 1.29 is 14.7 Å². The third-order valence-electron chi connectivity index (χ3n) is 7.75. The molecule has 0 fully saturated rings. The van der Waals surface area contributed by atoms with Crippen LogP contribution in [0.15, 0.2) is 126 Å². The van der Waals surface area contributed by atoms with Crippen molar-refractivity contribution in [2.24, 2.45) is 5.10 Å². The van der Waals surface area contributed by atoms with Crippen LogP contribution in [0, 0.1) is 0 Å².